The van der Waals surface area contributed by atoms with Gasteiger partial charge in [-0.3, -0.25) is 14.6 Å². The summed E-state index contributed by atoms with van der Waals surface area (Å²) in [6, 6.07) is 6.53. The molecule has 1 aliphatic heterocycles. The van der Waals surface area contributed by atoms with Crippen LogP contribution >= 0.6 is 11.3 Å². The fourth-order valence-electron chi connectivity index (χ4n) is 3.48. The number of thiazole rings is 1. The summed E-state index contributed by atoms with van der Waals surface area (Å²) in [6.07, 6.45) is 0. The first kappa shape index (κ1) is 21.0. The molecule has 0 radical (unpaired) electrons. The van der Waals surface area contributed by atoms with Crippen LogP contribution in [0.25, 0.3) is 11.3 Å². The van der Waals surface area contributed by atoms with Crippen LogP contribution in [0.1, 0.15) is 36.9 Å². The minimum atomic E-state index is -0.170. The molecule has 0 bridgehead atoms. The fourth-order valence-corrected chi connectivity index (χ4v) is 4.31. The minimum Gasteiger partial charge on any atom is -0.350 e. The van der Waals surface area contributed by atoms with Crippen molar-refractivity contribution in [1.29, 1.82) is 0 Å². The molecule has 1 N–H and O–H groups in total. The van der Waals surface area contributed by atoms with E-state index in [0.29, 0.717) is 6.54 Å². The summed E-state index contributed by atoms with van der Waals surface area (Å²) in [6.45, 7) is 15.5. The van der Waals surface area contributed by atoms with Crippen LogP contribution in [0.15, 0.2) is 23.6 Å². The highest BCUT2D eigenvalue weighted by molar-refractivity contribution is 7.09. The Balaban J connectivity index is 1.51. The second kappa shape index (κ2) is 8.72. The van der Waals surface area contributed by atoms with Crippen LogP contribution in [0.2, 0.25) is 0 Å². The number of aromatic nitrogens is 1. The van der Waals surface area contributed by atoms with E-state index in [4.69, 9.17) is 4.98 Å². The van der Waals surface area contributed by atoms with Crippen molar-refractivity contribution in [3.05, 3.63) is 39.7 Å². The van der Waals surface area contributed by atoms with E-state index in [1.807, 2.05) is 20.8 Å². The van der Waals surface area contributed by atoms with Gasteiger partial charge in [0.1, 0.15) is 5.01 Å². The predicted molar refractivity (Wildman–Crippen MR) is 117 cm³/mol. The minimum absolute atomic E-state index is 0.110. The van der Waals surface area contributed by atoms with E-state index in [0.717, 1.165) is 43.4 Å². The summed E-state index contributed by atoms with van der Waals surface area (Å²) in [5.41, 5.74) is 4.68. The van der Waals surface area contributed by atoms with E-state index in [1.54, 1.807) is 11.3 Å². The van der Waals surface area contributed by atoms with E-state index >= 15 is 0 Å². The standard InChI is InChI=1S/C22H32N4OS/c1-16-6-7-17(2)18(12-16)19-15-28-21(23-19)14-26-10-8-25(9-11-26)13-20(27)24-22(3,4)5/h6-7,12,15H,8-11,13-14H2,1-5H3,(H,24,27). The molecule has 2 heterocycles. The highest BCUT2D eigenvalue weighted by Gasteiger charge is 2.22. The molecule has 1 aromatic heterocycles. The SMILES string of the molecule is Cc1ccc(C)c(-c2csc(CN3CCN(CC(=O)NC(C)(C)C)CC3)n2)c1. The predicted octanol–water partition coefficient (Wildman–Crippen LogP) is 3.46. The molecule has 0 spiro atoms. The highest BCUT2D eigenvalue weighted by Crippen LogP contribution is 2.26. The second-order valence-corrected chi connectivity index (χ2v) is 9.74. The molecular formula is C22H32N4OS. The third kappa shape index (κ3) is 5.87. The molecule has 3 rings (SSSR count). The van der Waals surface area contributed by atoms with Gasteiger partial charge in [-0.2, -0.15) is 0 Å². The van der Waals surface area contributed by atoms with Crippen molar-refractivity contribution in [1.82, 2.24) is 20.1 Å². The lowest BCUT2D eigenvalue weighted by Crippen LogP contribution is -2.51. The number of carbonyl (C=O) groups excluding carboxylic acids is 1. The first-order valence-electron chi connectivity index (χ1n) is 9.97. The smallest absolute Gasteiger partial charge is 0.234 e. The molecule has 0 unspecified atom stereocenters. The summed E-state index contributed by atoms with van der Waals surface area (Å²) >= 11 is 1.74. The number of rotatable bonds is 5. The number of piperazine rings is 1. The number of benzene rings is 1. The van der Waals surface area contributed by atoms with Gasteiger partial charge in [-0.05, 0) is 46.2 Å². The number of hydrogen-bond donors (Lipinski definition) is 1. The van der Waals surface area contributed by atoms with Crippen LogP contribution in [-0.2, 0) is 11.3 Å². The molecule has 0 saturated carbocycles. The van der Waals surface area contributed by atoms with E-state index in [9.17, 15) is 4.79 Å². The molecule has 1 aromatic carbocycles. The van der Waals surface area contributed by atoms with Crippen molar-refractivity contribution < 1.29 is 4.79 Å². The number of nitrogens with one attached hydrogen (secondary N) is 1. The van der Waals surface area contributed by atoms with Gasteiger partial charge in [-0.25, -0.2) is 4.98 Å². The quantitative estimate of drug-likeness (QED) is 0.835. The third-order valence-electron chi connectivity index (χ3n) is 4.93. The zero-order valence-electron chi connectivity index (χ0n) is 17.7. The Bertz CT molecular complexity index is 816. The average Bonchev–Trinajstić information content (AvgIpc) is 3.05. The van der Waals surface area contributed by atoms with Gasteiger partial charge >= 0.3 is 0 Å². The fraction of sp³-hybridized carbons (Fsp3) is 0.545. The van der Waals surface area contributed by atoms with Gasteiger partial charge in [-0.1, -0.05) is 17.7 Å². The summed E-state index contributed by atoms with van der Waals surface area (Å²) in [7, 11) is 0. The molecule has 1 saturated heterocycles. The van der Waals surface area contributed by atoms with Gasteiger partial charge in [0.25, 0.3) is 0 Å². The molecule has 1 fully saturated rings. The number of carbonyl (C=O) groups is 1. The van der Waals surface area contributed by atoms with Crippen molar-refractivity contribution in [2.24, 2.45) is 0 Å². The summed E-state index contributed by atoms with van der Waals surface area (Å²) in [5, 5.41) is 6.37. The molecule has 152 valence electrons. The largest absolute Gasteiger partial charge is 0.350 e. The maximum absolute atomic E-state index is 12.1. The van der Waals surface area contributed by atoms with Crippen molar-refractivity contribution in [2.75, 3.05) is 32.7 Å². The van der Waals surface area contributed by atoms with Gasteiger partial charge in [0.15, 0.2) is 0 Å². The summed E-state index contributed by atoms with van der Waals surface area (Å²) < 4.78 is 0. The summed E-state index contributed by atoms with van der Waals surface area (Å²) in [4.78, 5) is 21.7. The molecule has 5 nitrogen and oxygen atoms in total. The van der Waals surface area contributed by atoms with Crippen LogP contribution in [0.3, 0.4) is 0 Å². The van der Waals surface area contributed by atoms with Crippen LogP contribution in [0.4, 0.5) is 0 Å². The second-order valence-electron chi connectivity index (χ2n) is 8.80. The zero-order valence-corrected chi connectivity index (χ0v) is 18.5. The van der Waals surface area contributed by atoms with Gasteiger partial charge in [0, 0.05) is 42.7 Å². The van der Waals surface area contributed by atoms with Crippen LogP contribution in [-0.4, -0.2) is 59.0 Å². The Labute approximate surface area is 172 Å². The first-order valence-corrected chi connectivity index (χ1v) is 10.9. The molecule has 6 heteroatoms. The lowest BCUT2D eigenvalue weighted by Gasteiger charge is -2.34. The lowest BCUT2D eigenvalue weighted by atomic mass is 10.0. The lowest BCUT2D eigenvalue weighted by molar-refractivity contribution is -0.124. The van der Waals surface area contributed by atoms with Gasteiger partial charge in [-0.15, -0.1) is 11.3 Å². The van der Waals surface area contributed by atoms with Crippen LogP contribution < -0.4 is 5.32 Å². The summed E-state index contributed by atoms with van der Waals surface area (Å²) in [5.74, 6) is 0.110. The van der Waals surface area contributed by atoms with Gasteiger partial charge < -0.3 is 5.32 Å². The van der Waals surface area contributed by atoms with Crippen LogP contribution in [0.5, 0.6) is 0 Å². The molecule has 28 heavy (non-hydrogen) atoms. The Hall–Kier alpha value is -1.76. The van der Waals surface area contributed by atoms with E-state index in [1.165, 1.54) is 16.7 Å². The van der Waals surface area contributed by atoms with Crippen LogP contribution in [0, 0.1) is 13.8 Å². The normalized spacial score (nSPS) is 16.3. The molecule has 0 atom stereocenters. The maximum Gasteiger partial charge on any atom is 0.234 e. The Morgan fingerprint density at radius 3 is 2.50 bits per heavy atom. The van der Waals surface area contributed by atoms with Crippen molar-refractivity contribution in [3.63, 3.8) is 0 Å². The van der Waals surface area contributed by atoms with Gasteiger partial charge in [0.2, 0.25) is 5.91 Å². The number of hydrogen-bond acceptors (Lipinski definition) is 5. The molecular weight excluding hydrogens is 368 g/mol. The zero-order chi connectivity index (χ0) is 20.3. The molecule has 0 aliphatic carbocycles. The Kier molecular flexibility index (Phi) is 6.53. The first-order chi connectivity index (χ1) is 13.2. The average molecular weight is 401 g/mol. The Morgan fingerprint density at radius 2 is 1.82 bits per heavy atom. The molecule has 1 amide bonds. The molecule has 2 aromatic rings. The van der Waals surface area contributed by atoms with Crippen molar-refractivity contribution in [3.8, 4) is 11.3 Å². The topological polar surface area (TPSA) is 48.5 Å². The van der Waals surface area contributed by atoms with Crippen molar-refractivity contribution >= 4 is 17.2 Å². The van der Waals surface area contributed by atoms with Crippen molar-refractivity contribution in [2.45, 2.75) is 46.7 Å². The maximum atomic E-state index is 12.1. The number of aryl methyl sites for hydroxylation is 2. The van der Waals surface area contributed by atoms with E-state index < -0.39 is 0 Å². The highest BCUT2D eigenvalue weighted by atomic mass is 32.1. The molecule has 1 aliphatic rings. The monoisotopic (exact) mass is 400 g/mol. The third-order valence-corrected chi connectivity index (χ3v) is 5.76. The van der Waals surface area contributed by atoms with Gasteiger partial charge in [0.05, 0.1) is 18.8 Å². The Morgan fingerprint density at radius 1 is 1.14 bits per heavy atom. The number of amides is 1. The number of nitrogens with zero attached hydrogens (tertiary/aromatic N) is 3. The van der Waals surface area contributed by atoms with E-state index in [2.05, 4.69) is 52.5 Å². The van der Waals surface area contributed by atoms with E-state index in [-0.39, 0.29) is 11.4 Å².